The third-order valence-electron chi connectivity index (χ3n) is 2.01. The molecule has 0 heterocycles. The molecule has 0 spiro atoms. The molecular weight excluding hydrogens is 240 g/mol. The number of aliphatic carboxylic acids is 1. The van der Waals surface area contributed by atoms with E-state index < -0.39 is 16.6 Å². The number of nitriles is 1. The van der Waals surface area contributed by atoms with Gasteiger partial charge >= 0.3 is 5.97 Å². The maximum atomic E-state index is 10.8. The maximum absolute atomic E-state index is 10.8. The van der Waals surface area contributed by atoms with Crippen molar-refractivity contribution in [3.63, 3.8) is 0 Å². The number of rotatable bonds is 4. The molecule has 0 bridgehead atoms. The molecule has 0 saturated carbocycles. The molecule has 0 radical (unpaired) electrons. The lowest BCUT2D eigenvalue weighted by Crippen LogP contribution is -1.98. The van der Waals surface area contributed by atoms with Crippen LogP contribution in [0.2, 0.25) is 0 Å². The van der Waals surface area contributed by atoms with Crippen molar-refractivity contribution in [2.75, 3.05) is 0 Å². The summed E-state index contributed by atoms with van der Waals surface area (Å²) in [6, 6.07) is 3.81. The van der Waals surface area contributed by atoms with Crippen LogP contribution in [0.5, 0.6) is 0 Å². The molecule has 7 nitrogen and oxygen atoms in total. The quantitative estimate of drug-likeness (QED) is 0.370. The summed E-state index contributed by atoms with van der Waals surface area (Å²) in [5.41, 5.74) is -0.874. The lowest BCUT2D eigenvalue weighted by Gasteiger charge is -2.01. The van der Waals surface area contributed by atoms with E-state index in [1.807, 2.05) is 0 Å². The molecule has 0 unspecified atom stereocenters. The second-order valence-electron chi connectivity index (χ2n) is 3.16. The van der Waals surface area contributed by atoms with Gasteiger partial charge in [0.1, 0.15) is 17.9 Å². The highest BCUT2D eigenvalue weighted by Crippen LogP contribution is 2.26. The monoisotopic (exact) mass is 246 g/mol. The minimum atomic E-state index is -1.29. The molecular formula is C11H6N2O5. The second kappa shape index (κ2) is 5.36. The Labute approximate surface area is 101 Å². The van der Waals surface area contributed by atoms with Gasteiger partial charge in [-0.2, -0.15) is 5.26 Å². The van der Waals surface area contributed by atoms with E-state index in [0.717, 1.165) is 18.2 Å². The van der Waals surface area contributed by atoms with Gasteiger partial charge in [0, 0.05) is 11.6 Å². The Hall–Kier alpha value is -3.01. The highest BCUT2D eigenvalue weighted by Gasteiger charge is 2.19. The first-order valence-corrected chi connectivity index (χ1v) is 4.58. The molecule has 0 amide bonds. The van der Waals surface area contributed by atoms with Crippen molar-refractivity contribution in [3.05, 3.63) is 45.0 Å². The summed E-state index contributed by atoms with van der Waals surface area (Å²) in [5.74, 6) is -1.29. The first-order valence-electron chi connectivity index (χ1n) is 4.58. The van der Waals surface area contributed by atoms with Crippen LogP contribution in [-0.2, 0) is 4.79 Å². The summed E-state index contributed by atoms with van der Waals surface area (Å²) in [6.45, 7) is 0. The largest absolute Gasteiger partial charge is 0.478 e. The summed E-state index contributed by atoms with van der Waals surface area (Å²) < 4.78 is 0. The zero-order chi connectivity index (χ0) is 13.7. The predicted molar refractivity (Wildman–Crippen MR) is 59.9 cm³/mol. The Bertz CT molecular complexity index is 598. The molecule has 1 aromatic carbocycles. The zero-order valence-corrected chi connectivity index (χ0v) is 8.86. The minimum absolute atomic E-state index is 0.0576. The van der Waals surface area contributed by atoms with Gasteiger partial charge in [-0.25, -0.2) is 4.79 Å². The van der Waals surface area contributed by atoms with Gasteiger partial charge < -0.3 is 5.11 Å². The second-order valence-corrected chi connectivity index (χ2v) is 3.16. The van der Waals surface area contributed by atoms with Crippen LogP contribution in [0.3, 0.4) is 0 Å². The van der Waals surface area contributed by atoms with Crippen LogP contribution in [0.1, 0.15) is 21.5 Å². The number of aldehydes is 1. The number of hydrogen-bond acceptors (Lipinski definition) is 5. The first kappa shape index (κ1) is 13.1. The SMILES string of the molecule is N#Cc1cc(C=O)cc(/C=C/C(=O)O)c1[N+](=O)[O-]. The lowest BCUT2D eigenvalue weighted by molar-refractivity contribution is -0.385. The van der Waals surface area contributed by atoms with Crippen molar-refractivity contribution in [1.82, 2.24) is 0 Å². The number of carboxylic acids is 1. The summed E-state index contributed by atoms with van der Waals surface area (Å²) in [4.78, 5) is 31.0. The van der Waals surface area contributed by atoms with Crippen molar-refractivity contribution in [3.8, 4) is 6.07 Å². The lowest BCUT2D eigenvalue weighted by atomic mass is 10.0. The van der Waals surface area contributed by atoms with Gasteiger partial charge in [0.05, 0.1) is 10.5 Å². The number of carbonyl (C=O) groups excluding carboxylic acids is 1. The zero-order valence-electron chi connectivity index (χ0n) is 8.86. The van der Waals surface area contributed by atoms with Crippen LogP contribution >= 0.6 is 0 Å². The van der Waals surface area contributed by atoms with Gasteiger partial charge in [0.15, 0.2) is 0 Å². The van der Waals surface area contributed by atoms with Crippen LogP contribution < -0.4 is 0 Å². The number of carboxylic acid groups (broad SMARTS) is 1. The van der Waals surface area contributed by atoms with Crippen LogP contribution in [0.15, 0.2) is 18.2 Å². The number of carbonyl (C=O) groups is 2. The molecule has 0 aliphatic rings. The van der Waals surface area contributed by atoms with Gasteiger partial charge in [-0.05, 0) is 18.2 Å². The average molecular weight is 246 g/mol. The molecule has 90 valence electrons. The van der Waals surface area contributed by atoms with Crippen molar-refractivity contribution in [2.45, 2.75) is 0 Å². The van der Waals surface area contributed by atoms with Crippen LogP contribution in [-0.4, -0.2) is 22.3 Å². The molecule has 7 heteroatoms. The minimum Gasteiger partial charge on any atom is -0.478 e. The van der Waals surface area contributed by atoms with E-state index in [1.165, 1.54) is 0 Å². The van der Waals surface area contributed by atoms with Gasteiger partial charge in [0.25, 0.3) is 5.69 Å². The summed E-state index contributed by atoms with van der Waals surface area (Å²) in [6.07, 6.45) is 2.08. The van der Waals surface area contributed by atoms with E-state index >= 15 is 0 Å². The third-order valence-corrected chi connectivity index (χ3v) is 2.01. The van der Waals surface area contributed by atoms with E-state index in [1.54, 1.807) is 6.07 Å². The summed E-state index contributed by atoms with van der Waals surface area (Å²) >= 11 is 0. The molecule has 1 rings (SSSR count). The van der Waals surface area contributed by atoms with Gasteiger partial charge in [0.2, 0.25) is 0 Å². The molecule has 1 aromatic rings. The van der Waals surface area contributed by atoms with E-state index in [4.69, 9.17) is 10.4 Å². The van der Waals surface area contributed by atoms with Crippen molar-refractivity contribution in [2.24, 2.45) is 0 Å². The average Bonchev–Trinajstić information content (AvgIpc) is 2.34. The highest BCUT2D eigenvalue weighted by molar-refractivity contribution is 5.88. The molecule has 0 aliphatic carbocycles. The topological polar surface area (TPSA) is 121 Å². The maximum Gasteiger partial charge on any atom is 0.328 e. The van der Waals surface area contributed by atoms with E-state index in [-0.39, 0.29) is 16.7 Å². The fourth-order valence-corrected chi connectivity index (χ4v) is 1.33. The van der Waals surface area contributed by atoms with Crippen LogP contribution in [0.4, 0.5) is 5.69 Å². The Morgan fingerprint density at radius 1 is 1.50 bits per heavy atom. The van der Waals surface area contributed by atoms with E-state index in [9.17, 15) is 19.7 Å². The molecule has 0 aromatic heterocycles. The number of hydrogen-bond donors (Lipinski definition) is 1. The number of benzene rings is 1. The fraction of sp³-hybridized carbons (Fsp3) is 0. The molecule has 1 N–H and O–H groups in total. The van der Waals surface area contributed by atoms with Gasteiger partial charge in [-0.1, -0.05) is 0 Å². The summed E-state index contributed by atoms with van der Waals surface area (Å²) in [5, 5.41) is 28.1. The number of nitro benzene ring substituents is 1. The number of nitro groups is 1. The van der Waals surface area contributed by atoms with E-state index in [0.29, 0.717) is 12.4 Å². The Kier molecular flexibility index (Phi) is 3.89. The smallest absolute Gasteiger partial charge is 0.328 e. The van der Waals surface area contributed by atoms with Crippen LogP contribution in [0.25, 0.3) is 6.08 Å². The molecule has 0 saturated heterocycles. The standard InChI is InChI=1S/C11H6N2O5/c12-5-9-4-7(6-14)3-8(1-2-10(15)16)11(9)13(17)18/h1-4,6H,(H,15,16)/b2-1+. The van der Waals surface area contributed by atoms with Crippen molar-refractivity contribution >= 4 is 24.0 Å². The predicted octanol–water partition coefficient (Wildman–Crippen LogP) is 1.38. The van der Waals surface area contributed by atoms with Crippen molar-refractivity contribution in [1.29, 1.82) is 5.26 Å². The molecule has 0 aliphatic heterocycles. The molecule has 0 atom stereocenters. The molecule has 18 heavy (non-hydrogen) atoms. The van der Waals surface area contributed by atoms with Gasteiger partial charge in [-0.3, -0.25) is 14.9 Å². The normalized spacial score (nSPS) is 9.94. The fourth-order valence-electron chi connectivity index (χ4n) is 1.33. The van der Waals surface area contributed by atoms with E-state index in [2.05, 4.69) is 0 Å². The van der Waals surface area contributed by atoms with Gasteiger partial charge in [-0.15, -0.1) is 0 Å². The first-order chi connectivity index (χ1) is 8.49. The Morgan fingerprint density at radius 3 is 2.61 bits per heavy atom. The molecule has 0 fully saturated rings. The van der Waals surface area contributed by atoms with Crippen LogP contribution in [0, 0.1) is 21.4 Å². The highest BCUT2D eigenvalue weighted by atomic mass is 16.6. The number of nitrogens with zero attached hydrogens (tertiary/aromatic N) is 2. The Morgan fingerprint density at radius 2 is 2.17 bits per heavy atom. The Balaban J connectivity index is 3.55. The summed E-state index contributed by atoms with van der Waals surface area (Å²) in [7, 11) is 0. The van der Waals surface area contributed by atoms with Crippen molar-refractivity contribution < 1.29 is 19.6 Å². The third kappa shape index (κ3) is 2.76.